The fourth-order valence-corrected chi connectivity index (χ4v) is 2.50. The number of nitrogens with zero attached hydrogens (tertiary/aromatic N) is 2. The molecule has 1 aromatic heterocycles. The van der Waals surface area contributed by atoms with Gasteiger partial charge in [0.1, 0.15) is 0 Å². The van der Waals surface area contributed by atoms with Crippen molar-refractivity contribution < 1.29 is 9.47 Å². The monoisotopic (exact) mass is 315 g/mol. The first-order chi connectivity index (χ1) is 11.2. The number of ether oxygens (including phenoxy) is 2. The van der Waals surface area contributed by atoms with Gasteiger partial charge in [-0.25, -0.2) is 0 Å². The van der Waals surface area contributed by atoms with E-state index in [4.69, 9.17) is 15.2 Å². The third kappa shape index (κ3) is 4.60. The van der Waals surface area contributed by atoms with E-state index in [2.05, 4.69) is 28.9 Å². The summed E-state index contributed by atoms with van der Waals surface area (Å²) in [6, 6.07) is 7.89. The van der Waals surface area contributed by atoms with E-state index in [0.29, 0.717) is 11.5 Å². The molecule has 0 aliphatic heterocycles. The van der Waals surface area contributed by atoms with Crippen LogP contribution in [0, 0.1) is 0 Å². The van der Waals surface area contributed by atoms with Crippen LogP contribution in [0.4, 0.5) is 5.69 Å². The molecule has 23 heavy (non-hydrogen) atoms. The lowest BCUT2D eigenvalue weighted by Gasteiger charge is -2.22. The van der Waals surface area contributed by atoms with Crippen molar-refractivity contribution >= 4 is 5.69 Å². The van der Waals surface area contributed by atoms with Crippen LogP contribution in [0.5, 0.6) is 11.5 Å². The van der Waals surface area contributed by atoms with Gasteiger partial charge in [-0.2, -0.15) is 0 Å². The van der Waals surface area contributed by atoms with Gasteiger partial charge in [-0.1, -0.05) is 6.92 Å². The molecule has 2 aromatic rings. The van der Waals surface area contributed by atoms with Gasteiger partial charge in [-0.3, -0.25) is 9.88 Å². The number of rotatable bonds is 8. The van der Waals surface area contributed by atoms with Gasteiger partial charge in [0, 0.05) is 37.2 Å². The normalized spacial score (nSPS) is 10.8. The molecule has 0 unspecified atom stereocenters. The Balaban J connectivity index is 2.06. The highest BCUT2D eigenvalue weighted by Crippen LogP contribution is 2.32. The molecule has 0 aliphatic carbocycles. The van der Waals surface area contributed by atoms with Crippen molar-refractivity contribution in [3.05, 3.63) is 47.8 Å². The maximum Gasteiger partial charge on any atom is 0.162 e. The van der Waals surface area contributed by atoms with Gasteiger partial charge in [0.15, 0.2) is 11.5 Å². The highest BCUT2D eigenvalue weighted by molar-refractivity contribution is 5.57. The van der Waals surface area contributed by atoms with Crippen LogP contribution in [0.2, 0.25) is 0 Å². The first-order valence-electron chi connectivity index (χ1n) is 7.79. The zero-order chi connectivity index (χ0) is 16.7. The number of nitrogen functional groups attached to an aromatic ring is 1. The first kappa shape index (κ1) is 17.1. The Hall–Kier alpha value is -2.27. The molecule has 2 rings (SSSR count). The number of nitrogens with two attached hydrogens (primary N) is 1. The Bertz CT molecular complexity index is 617. The van der Waals surface area contributed by atoms with Gasteiger partial charge in [-0.05, 0) is 42.3 Å². The van der Waals surface area contributed by atoms with Crippen LogP contribution in [0.15, 0.2) is 36.7 Å². The van der Waals surface area contributed by atoms with E-state index in [-0.39, 0.29) is 0 Å². The van der Waals surface area contributed by atoms with Gasteiger partial charge in [-0.15, -0.1) is 0 Å². The van der Waals surface area contributed by atoms with Crippen molar-refractivity contribution in [1.82, 2.24) is 9.88 Å². The van der Waals surface area contributed by atoms with Gasteiger partial charge < -0.3 is 15.2 Å². The molecule has 0 atom stereocenters. The lowest BCUT2D eigenvalue weighted by molar-refractivity contribution is 0.283. The van der Waals surface area contributed by atoms with Crippen molar-refractivity contribution in [3.8, 4) is 11.5 Å². The first-order valence-corrected chi connectivity index (χ1v) is 7.79. The number of likely N-dealkylation sites (N-methyl/N-ethyl adjacent to an activating group) is 1. The molecule has 0 amide bonds. The fourth-order valence-electron chi connectivity index (χ4n) is 2.50. The lowest BCUT2D eigenvalue weighted by atomic mass is 10.1. The predicted molar refractivity (Wildman–Crippen MR) is 92.9 cm³/mol. The molecule has 1 heterocycles. The molecular weight excluding hydrogens is 290 g/mol. The van der Waals surface area contributed by atoms with Gasteiger partial charge in [0.2, 0.25) is 0 Å². The van der Waals surface area contributed by atoms with Crippen LogP contribution < -0.4 is 15.2 Å². The molecule has 5 nitrogen and oxygen atoms in total. The van der Waals surface area contributed by atoms with Crippen molar-refractivity contribution in [2.24, 2.45) is 0 Å². The van der Waals surface area contributed by atoms with Crippen LogP contribution in [0.1, 0.15) is 18.1 Å². The highest BCUT2D eigenvalue weighted by atomic mass is 16.5. The Kier molecular flexibility index (Phi) is 6.23. The average Bonchev–Trinajstić information content (AvgIpc) is 2.60. The minimum Gasteiger partial charge on any atom is -0.493 e. The van der Waals surface area contributed by atoms with Crippen LogP contribution in [-0.4, -0.2) is 37.2 Å². The van der Waals surface area contributed by atoms with Crippen molar-refractivity contribution in [1.29, 1.82) is 0 Å². The van der Waals surface area contributed by atoms with Crippen LogP contribution in [-0.2, 0) is 13.0 Å². The van der Waals surface area contributed by atoms with E-state index in [0.717, 1.165) is 37.3 Å². The number of methoxy groups -OCH3 is 2. The second-order valence-electron chi connectivity index (χ2n) is 5.38. The maximum absolute atomic E-state index is 6.16. The number of pyridine rings is 1. The number of hydrogen-bond acceptors (Lipinski definition) is 5. The number of hydrogen-bond donors (Lipinski definition) is 1. The summed E-state index contributed by atoms with van der Waals surface area (Å²) < 4.78 is 10.7. The van der Waals surface area contributed by atoms with Crippen LogP contribution >= 0.6 is 0 Å². The van der Waals surface area contributed by atoms with E-state index in [1.165, 1.54) is 5.56 Å². The zero-order valence-corrected chi connectivity index (χ0v) is 14.1. The molecule has 5 heteroatoms. The minimum absolute atomic E-state index is 0.661. The molecule has 0 saturated heterocycles. The molecule has 2 N–H and O–H groups in total. The quantitative estimate of drug-likeness (QED) is 0.759. The topological polar surface area (TPSA) is 60.6 Å². The summed E-state index contributed by atoms with van der Waals surface area (Å²) in [5, 5.41) is 0. The van der Waals surface area contributed by atoms with Crippen molar-refractivity contribution in [3.63, 3.8) is 0 Å². The van der Waals surface area contributed by atoms with Gasteiger partial charge in [0.05, 0.1) is 14.2 Å². The molecule has 0 fully saturated rings. The second-order valence-corrected chi connectivity index (χ2v) is 5.38. The molecule has 0 aliphatic rings. The summed E-state index contributed by atoms with van der Waals surface area (Å²) in [4.78, 5) is 6.41. The Morgan fingerprint density at radius 1 is 1.09 bits per heavy atom. The third-order valence-electron chi connectivity index (χ3n) is 3.95. The van der Waals surface area contributed by atoms with E-state index >= 15 is 0 Å². The summed E-state index contributed by atoms with van der Waals surface area (Å²) in [6.45, 7) is 4.87. The van der Waals surface area contributed by atoms with E-state index in [9.17, 15) is 0 Å². The molecule has 0 spiro atoms. The average molecular weight is 315 g/mol. The maximum atomic E-state index is 6.16. The van der Waals surface area contributed by atoms with Crippen molar-refractivity contribution in [2.75, 3.05) is 33.0 Å². The highest BCUT2D eigenvalue weighted by Gasteiger charge is 2.12. The predicted octanol–water partition coefficient (Wildman–Crippen LogP) is 2.75. The fraction of sp³-hybridized carbons (Fsp3) is 0.389. The summed E-state index contributed by atoms with van der Waals surface area (Å²) in [6.07, 6.45) is 4.65. The number of anilines is 1. The molecule has 0 radical (unpaired) electrons. The van der Waals surface area contributed by atoms with Crippen LogP contribution in [0.25, 0.3) is 0 Å². The molecule has 124 valence electrons. The minimum atomic E-state index is 0.661. The third-order valence-corrected chi connectivity index (χ3v) is 3.95. The summed E-state index contributed by atoms with van der Waals surface area (Å²) in [5.74, 6) is 1.37. The van der Waals surface area contributed by atoms with E-state index in [1.54, 1.807) is 14.2 Å². The Morgan fingerprint density at radius 2 is 1.74 bits per heavy atom. The Labute approximate surface area is 138 Å². The molecule has 0 saturated carbocycles. The van der Waals surface area contributed by atoms with E-state index in [1.807, 2.05) is 24.5 Å². The largest absolute Gasteiger partial charge is 0.493 e. The second kappa shape index (κ2) is 8.39. The molecule has 0 bridgehead atoms. The Morgan fingerprint density at radius 3 is 2.35 bits per heavy atom. The summed E-state index contributed by atoms with van der Waals surface area (Å²) in [7, 11) is 3.25. The smallest absolute Gasteiger partial charge is 0.162 e. The number of aromatic nitrogens is 1. The van der Waals surface area contributed by atoms with Crippen LogP contribution in [0.3, 0.4) is 0 Å². The number of benzene rings is 1. The van der Waals surface area contributed by atoms with Crippen molar-refractivity contribution in [2.45, 2.75) is 19.9 Å². The SMILES string of the molecule is CCN(CCc1ccncc1)Cc1cc(OC)c(OC)cc1N. The molecular formula is C18H25N3O2. The van der Waals surface area contributed by atoms with Gasteiger partial charge in [0.25, 0.3) is 0 Å². The molecule has 1 aromatic carbocycles. The standard InChI is InChI=1S/C18H25N3O2/c1-4-21(10-7-14-5-8-20-9-6-14)13-15-11-17(22-2)18(23-3)12-16(15)19/h5-6,8-9,11-12H,4,7,10,13,19H2,1-3H3. The van der Waals surface area contributed by atoms with Gasteiger partial charge >= 0.3 is 0 Å². The summed E-state index contributed by atoms with van der Waals surface area (Å²) in [5.41, 5.74) is 9.23. The zero-order valence-electron chi connectivity index (χ0n) is 14.1. The lowest BCUT2D eigenvalue weighted by Crippen LogP contribution is -2.26. The summed E-state index contributed by atoms with van der Waals surface area (Å²) >= 11 is 0. The van der Waals surface area contributed by atoms with E-state index < -0.39 is 0 Å².